The lowest BCUT2D eigenvalue weighted by molar-refractivity contribution is -0.142. The van der Waals surface area contributed by atoms with Crippen LogP contribution in [0.25, 0.3) is 5.69 Å². The van der Waals surface area contributed by atoms with Gasteiger partial charge in [0, 0.05) is 11.9 Å². The molecule has 27 heavy (non-hydrogen) atoms. The van der Waals surface area contributed by atoms with Crippen LogP contribution in [0.5, 0.6) is 0 Å². The number of hydrogen-bond acceptors (Lipinski definition) is 3. The largest absolute Gasteiger partial charge is 0.432 e. The summed E-state index contributed by atoms with van der Waals surface area (Å²) in [4.78, 5) is 24.3. The maximum atomic E-state index is 13.6. The second kappa shape index (κ2) is 7.45. The molecule has 140 valence electrons. The van der Waals surface area contributed by atoms with Crippen molar-refractivity contribution in [2.24, 2.45) is 0 Å². The molecular formula is C17H11ClF3N3O2S. The molecule has 2 heterocycles. The van der Waals surface area contributed by atoms with Crippen molar-refractivity contribution in [3.63, 3.8) is 0 Å². The number of nitrogens with zero attached hydrogens (tertiary/aromatic N) is 1. The van der Waals surface area contributed by atoms with Crippen molar-refractivity contribution in [1.82, 2.24) is 15.4 Å². The predicted molar refractivity (Wildman–Crippen MR) is 95.0 cm³/mol. The van der Waals surface area contributed by atoms with E-state index >= 15 is 0 Å². The molecule has 0 atom stereocenters. The van der Waals surface area contributed by atoms with Gasteiger partial charge in [-0.2, -0.15) is 13.2 Å². The van der Waals surface area contributed by atoms with Crippen molar-refractivity contribution < 1.29 is 22.8 Å². The van der Waals surface area contributed by atoms with Crippen molar-refractivity contribution in [3.8, 4) is 5.69 Å². The number of carbonyl (C=O) groups excluding carboxylic acids is 2. The molecule has 10 heteroatoms. The SMILES string of the molecule is O=C(NNC(=O)c1sccc1Cl)c1ccn(-c2ccccc2)c1C(F)(F)F. The number of halogens is 4. The Bertz CT molecular complexity index is 983. The molecule has 1 aromatic carbocycles. The van der Waals surface area contributed by atoms with E-state index in [0.29, 0.717) is 0 Å². The second-order valence-electron chi connectivity index (χ2n) is 5.29. The number of amides is 2. The maximum absolute atomic E-state index is 13.6. The quantitative estimate of drug-likeness (QED) is 0.629. The molecule has 0 fully saturated rings. The lowest BCUT2D eigenvalue weighted by Gasteiger charge is -2.14. The first kappa shape index (κ1) is 19.0. The molecule has 0 aliphatic heterocycles. The first-order chi connectivity index (χ1) is 12.8. The molecule has 0 unspecified atom stereocenters. The highest BCUT2D eigenvalue weighted by atomic mass is 35.5. The molecule has 0 bridgehead atoms. The van der Waals surface area contributed by atoms with Gasteiger partial charge in [0.05, 0.1) is 10.6 Å². The van der Waals surface area contributed by atoms with Gasteiger partial charge in [-0.25, -0.2) is 0 Å². The van der Waals surface area contributed by atoms with Gasteiger partial charge in [0.15, 0.2) is 0 Å². The fourth-order valence-corrected chi connectivity index (χ4v) is 3.44. The van der Waals surface area contributed by atoms with Gasteiger partial charge in [-0.1, -0.05) is 29.8 Å². The number of rotatable bonds is 3. The van der Waals surface area contributed by atoms with Gasteiger partial charge in [-0.3, -0.25) is 20.4 Å². The third-order valence-corrected chi connectivity index (χ3v) is 4.89. The van der Waals surface area contributed by atoms with Crippen LogP contribution in [0, 0.1) is 0 Å². The molecule has 0 saturated heterocycles. The Hall–Kier alpha value is -2.78. The summed E-state index contributed by atoms with van der Waals surface area (Å²) in [5.41, 5.74) is 2.53. The Morgan fingerprint density at radius 3 is 2.26 bits per heavy atom. The minimum Gasteiger partial charge on any atom is -0.312 e. The fraction of sp³-hybridized carbons (Fsp3) is 0.0588. The Balaban J connectivity index is 1.86. The average molecular weight is 414 g/mol. The van der Waals surface area contributed by atoms with Crippen LogP contribution < -0.4 is 10.9 Å². The zero-order chi connectivity index (χ0) is 19.6. The fourth-order valence-electron chi connectivity index (χ4n) is 2.40. The number of para-hydroxylation sites is 1. The molecule has 2 aromatic heterocycles. The molecule has 3 aromatic rings. The maximum Gasteiger partial charge on any atom is 0.432 e. The summed E-state index contributed by atoms with van der Waals surface area (Å²) in [6.45, 7) is 0. The summed E-state index contributed by atoms with van der Waals surface area (Å²) in [5.74, 6) is -1.82. The average Bonchev–Trinajstić information content (AvgIpc) is 3.26. The molecule has 2 N–H and O–H groups in total. The van der Waals surface area contributed by atoms with E-state index in [-0.39, 0.29) is 15.6 Å². The molecular weight excluding hydrogens is 403 g/mol. The number of thiophene rings is 1. The summed E-state index contributed by atoms with van der Waals surface area (Å²) in [5, 5.41) is 1.75. The van der Waals surface area contributed by atoms with E-state index in [9.17, 15) is 22.8 Å². The molecule has 3 rings (SSSR count). The van der Waals surface area contributed by atoms with Crippen LogP contribution in [0.15, 0.2) is 54.0 Å². The van der Waals surface area contributed by atoms with Crippen molar-refractivity contribution in [1.29, 1.82) is 0 Å². The van der Waals surface area contributed by atoms with Gasteiger partial charge in [0.2, 0.25) is 0 Å². The molecule has 0 radical (unpaired) electrons. The zero-order valence-corrected chi connectivity index (χ0v) is 15.0. The van der Waals surface area contributed by atoms with Gasteiger partial charge >= 0.3 is 6.18 Å². The summed E-state index contributed by atoms with van der Waals surface area (Å²) < 4.78 is 41.5. The lowest BCUT2D eigenvalue weighted by Crippen LogP contribution is -2.42. The van der Waals surface area contributed by atoms with Gasteiger partial charge in [0.1, 0.15) is 10.6 Å². The Morgan fingerprint density at radius 2 is 1.67 bits per heavy atom. The standard InChI is InChI=1S/C17H11ClF3N3O2S/c18-12-7-9-27-13(12)16(26)23-22-15(25)11-6-8-24(14(11)17(19,20)21)10-4-2-1-3-5-10/h1-9H,(H,22,25)(H,23,26). The molecule has 2 amide bonds. The summed E-state index contributed by atoms with van der Waals surface area (Å²) >= 11 is 6.84. The topological polar surface area (TPSA) is 63.1 Å². The molecule has 0 spiro atoms. The highest BCUT2D eigenvalue weighted by Gasteiger charge is 2.39. The predicted octanol–water partition coefficient (Wildman–Crippen LogP) is 4.29. The number of hydrogen-bond donors (Lipinski definition) is 2. The third-order valence-electron chi connectivity index (χ3n) is 3.55. The van der Waals surface area contributed by atoms with E-state index in [2.05, 4.69) is 5.43 Å². The smallest absolute Gasteiger partial charge is 0.312 e. The molecule has 0 aliphatic rings. The summed E-state index contributed by atoms with van der Waals surface area (Å²) in [6.07, 6.45) is -3.64. The van der Waals surface area contributed by atoms with Crippen molar-refractivity contribution in [2.45, 2.75) is 6.18 Å². The van der Waals surface area contributed by atoms with Crippen LogP contribution in [-0.4, -0.2) is 16.4 Å². The second-order valence-corrected chi connectivity index (χ2v) is 6.61. The third kappa shape index (κ3) is 3.99. The van der Waals surface area contributed by atoms with E-state index in [1.54, 1.807) is 23.6 Å². The van der Waals surface area contributed by atoms with Crippen LogP contribution in [0.3, 0.4) is 0 Å². The molecule has 0 saturated carbocycles. The van der Waals surface area contributed by atoms with E-state index in [1.165, 1.54) is 18.2 Å². The Morgan fingerprint density at radius 1 is 1.00 bits per heavy atom. The van der Waals surface area contributed by atoms with Crippen LogP contribution >= 0.6 is 22.9 Å². The van der Waals surface area contributed by atoms with Gasteiger partial charge in [-0.15, -0.1) is 11.3 Å². The number of hydrazine groups is 1. The van der Waals surface area contributed by atoms with E-state index in [0.717, 1.165) is 28.2 Å². The number of nitrogens with one attached hydrogen (secondary N) is 2. The van der Waals surface area contributed by atoms with E-state index < -0.39 is 29.2 Å². The van der Waals surface area contributed by atoms with Crippen molar-refractivity contribution >= 4 is 34.8 Å². The summed E-state index contributed by atoms with van der Waals surface area (Å²) in [6, 6.07) is 10.3. The van der Waals surface area contributed by atoms with E-state index in [4.69, 9.17) is 11.6 Å². The number of benzene rings is 1. The molecule has 5 nitrogen and oxygen atoms in total. The van der Waals surface area contributed by atoms with E-state index in [1.807, 2.05) is 5.43 Å². The first-order valence-corrected chi connectivity index (χ1v) is 8.72. The van der Waals surface area contributed by atoms with Crippen molar-refractivity contribution in [2.75, 3.05) is 0 Å². The minimum atomic E-state index is -4.78. The van der Waals surface area contributed by atoms with Crippen LogP contribution in [0.4, 0.5) is 13.2 Å². The van der Waals surface area contributed by atoms with Crippen LogP contribution in [-0.2, 0) is 6.18 Å². The monoisotopic (exact) mass is 413 g/mol. The van der Waals surface area contributed by atoms with Crippen LogP contribution in [0.1, 0.15) is 25.7 Å². The van der Waals surface area contributed by atoms with Gasteiger partial charge in [0.25, 0.3) is 11.8 Å². The number of alkyl halides is 3. The normalized spacial score (nSPS) is 11.3. The Kier molecular flexibility index (Phi) is 5.24. The number of carbonyl (C=O) groups is 2. The Labute approximate surface area is 160 Å². The first-order valence-electron chi connectivity index (χ1n) is 7.46. The van der Waals surface area contributed by atoms with Crippen molar-refractivity contribution in [3.05, 3.63) is 75.2 Å². The van der Waals surface area contributed by atoms with Gasteiger partial charge in [-0.05, 0) is 29.6 Å². The van der Waals surface area contributed by atoms with Crippen LogP contribution in [0.2, 0.25) is 5.02 Å². The zero-order valence-electron chi connectivity index (χ0n) is 13.4. The highest BCUT2D eigenvalue weighted by molar-refractivity contribution is 7.12. The minimum absolute atomic E-state index is 0.134. The lowest BCUT2D eigenvalue weighted by atomic mass is 10.2. The number of aromatic nitrogens is 1. The molecule has 0 aliphatic carbocycles. The van der Waals surface area contributed by atoms with Gasteiger partial charge < -0.3 is 4.57 Å². The highest BCUT2D eigenvalue weighted by Crippen LogP contribution is 2.34. The summed E-state index contributed by atoms with van der Waals surface area (Å²) in [7, 11) is 0.